The Kier molecular flexibility index (Phi) is 4.96. The van der Waals surface area contributed by atoms with Crippen LogP contribution in [0.15, 0.2) is 61.2 Å². The SMILES string of the molecule is O=C(/C=C/c1ccc2c(c1)CCO2)NCc1ccc(Cn2cncn2)cc1. The predicted molar refractivity (Wildman–Crippen MR) is 102 cm³/mol. The van der Waals surface area contributed by atoms with Crippen molar-refractivity contribution in [1.29, 1.82) is 0 Å². The maximum atomic E-state index is 12.1. The van der Waals surface area contributed by atoms with Crippen LogP contribution in [0.4, 0.5) is 0 Å². The maximum absolute atomic E-state index is 12.1. The lowest BCUT2D eigenvalue weighted by Crippen LogP contribution is -2.20. The highest BCUT2D eigenvalue weighted by molar-refractivity contribution is 5.91. The molecule has 6 nitrogen and oxygen atoms in total. The molecule has 1 N–H and O–H groups in total. The number of carbonyl (C=O) groups excluding carboxylic acids is 1. The van der Waals surface area contributed by atoms with Crippen molar-refractivity contribution in [3.8, 4) is 5.75 Å². The standard InChI is InChI=1S/C21H20N4O2/c26-21(8-6-16-5-7-20-19(11-16)9-10-27-20)23-12-17-1-3-18(4-2-17)13-25-15-22-14-24-25/h1-8,11,14-15H,9-10,12-13H2,(H,23,26)/b8-6+. The predicted octanol–water partition coefficient (Wildman–Crippen LogP) is 2.59. The highest BCUT2D eigenvalue weighted by Crippen LogP contribution is 2.26. The third kappa shape index (κ3) is 4.41. The van der Waals surface area contributed by atoms with Crippen LogP contribution < -0.4 is 10.1 Å². The van der Waals surface area contributed by atoms with E-state index in [2.05, 4.69) is 21.5 Å². The largest absolute Gasteiger partial charge is 0.493 e. The lowest BCUT2D eigenvalue weighted by atomic mass is 10.1. The van der Waals surface area contributed by atoms with E-state index in [0.29, 0.717) is 13.1 Å². The van der Waals surface area contributed by atoms with Crippen LogP contribution in [0.5, 0.6) is 5.75 Å². The van der Waals surface area contributed by atoms with Gasteiger partial charge in [0.2, 0.25) is 5.91 Å². The molecule has 0 atom stereocenters. The molecule has 0 aliphatic carbocycles. The normalized spacial score (nSPS) is 12.7. The van der Waals surface area contributed by atoms with Crippen molar-refractivity contribution in [2.24, 2.45) is 0 Å². The van der Waals surface area contributed by atoms with E-state index in [-0.39, 0.29) is 5.91 Å². The molecule has 0 spiro atoms. The first-order valence-electron chi connectivity index (χ1n) is 8.88. The number of aromatic nitrogens is 3. The Balaban J connectivity index is 1.28. The first-order valence-corrected chi connectivity index (χ1v) is 8.88. The number of carbonyl (C=O) groups is 1. The summed E-state index contributed by atoms with van der Waals surface area (Å²) in [4.78, 5) is 16.0. The van der Waals surface area contributed by atoms with E-state index in [0.717, 1.165) is 35.5 Å². The Hall–Kier alpha value is -3.41. The number of nitrogens with zero attached hydrogens (tertiary/aromatic N) is 3. The van der Waals surface area contributed by atoms with E-state index in [1.54, 1.807) is 17.1 Å². The molecule has 136 valence electrons. The molecule has 1 aliphatic heterocycles. The van der Waals surface area contributed by atoms with Crippen molar-refractivity contribution in [3.63, 3.8) is 0 Å². The lowest BCUT2D eigenvalue weighted by Gasteiger charge is -2.05. The minimum Gasteiger partial charge on any atom is -0.493 e. The zero-order valence-electron chi connectivity index (χ0n) is 14.8. The Morgan fingerprint density at radius 3 is 2.85 bits per heavy atom. The summed E-state index contributed by atoms with van der Waals surface area (Å²) in [7, 11) is 0. The first-order chi connectivity index (χ1) is 13.3. The number of fused-ring (bicyclic) bond motifs is 1. The maximum Gasteiger partial charge on any atom is 0.244 e. The molecule has 6 heteroatoms. The van der Waals surface area contributed by atoms with Crippen molar-refractivity contribution in [1.82, 2.24) is 20.1 Å². The van der Waals surface area contributed by atoms with Crippen molar-refractivity contribution in [2.75, 3.05) is 6.61 Å². The van der Waals surface area contributed by atoms with E-state index in [9.17, 15) is 4.79 Å². The third-order valence-electron chi connectivity index (χ3n) is 4.44. The average molecular weight is 360 g/mol. The van der Waals surface area contributed by atoms with Crippen LogP contribution in [0.2, 0.25) is 0 Å². The highest BCUT2D eigenvalue weighted by atomic mass is 16.5. The van der Waals surface area contributed by atoms with Gasteiger partial charge in [-0.1, -0.05) is 30.3 Å². The number of rotatable bonds is 6. The summed E-state index contributed by atoms with van der Waals surface area (Å²) in [6.07, 6.45) is 7.53. The fourth-order valence-electron chi connectivity index (χ4n) is 2.99. The van der Waals surface area contributed by atoms with Gasteiger partial charge in [-0.2, -0.15) is 5.10 Å². The van der Waals surface area contributed by atoms with Gasteiger partial charge < -0.3 is 10.1 Å². The lowest BCUT2D eigenvalue weighted by molar-refractivity contribution is -0.116. The van der Waals surface area contributed by atoms with Gasteiger partial charge in [0.05, 0.1) is 13.2 Å². The molecule has 2 aromatic carbocycles. The molecule has 1 aliphatic rings. The molecular formula is C21H20N4O2. The molecule has 0 fully saturated rings. The second-order valence-corrected chi connectivity index (χ2v) is 6.43. The topological polar surface area (TPSA) is 69.0 Å². The van der Waals surface area contributed by atoms with Gasteiger partial charge in [-0.05, 0) is 40.5 Å². The highest BCUT2D eigenvalue weighted by Gasteiger charge is 2.11. The van der Waals surface area contributed by atoms with Gasteiger partial charge in [-0.25, -0.2) is 9.67 Å². The minimum absolute atomic E-state index is 0.113. The minimum atomic E-state index is -0.113. The number of ether oxygens (including phenoxy) is 1. The van der Waals surface area contributed by atoms with E-state index in [4.69, 9.17) is 4.74 Å². The van der Waals surface area contributed by atoms with Crippen LogP contribution in [0.3, 0.4) is 0 Å². The third-order valence-corrected chi connectivity index (χ3v) is 4.44. The quantitative estimate of drug-likeness (QED) is 0.686. The average Bonchev–Trinajstić information content (AvgIpc) is 3.37. The molecule has 0 saturated carbocycles. The Labute approximate surface area is 157 Å². The van der Waals surface area contributed by atoms with Gasteiger partial charge in [0.1, 0.15) is 18.4 Å². The second kappa shape index (κ2) is 7.86. The monoisotopic (exact) mass is 360 g/mol. The number of amides is 1. The molecular weight excluding hydrogens is 340 g/mol. The van der Waals surface area contributed by atoms with Crippen LogP contribution in [0.25, 0.3) is 6.08 Å². The van der Waals surface area contributed by atoms with Gasteiger partial charge >= 0.3 is 0 Å². The second-order valence-electron chi connectivity index (χ2n) is 6.43. The number of hydrogen-bond acceptors (Lipinski definition) is 4. The molecule has 0 unspecified atom stereocenters. The molecule has 0 radical (unpaired) electrons. The Morgan fingerprint density at radius 1 is 1.19 bits per heavy atom. The molecule has 27 heavy (non-hydrogen) atoms. The summed E-state index contributed by atoms with van der Waals surface area (Å²) >= 11 is 0. The van der Waals surface area contributed by atoms with Gasteiger partial charge in [0, 0.05) is 19.0 Å². The molecule has 4 rings (SSSR count). The van der Waals surface area contributed by atoms with Crippen molar-refractivity contribution < 1.29 is 9.53 Å². The number of benzene rings is 2. The summed E-state index contributed by atoms with van der Waals surface area (Å²) < 4.78 is 7.26. The van der Waals surface area contributed by atoms with Gasteiger partial charge in [0.15, 0.2) is 0 Å². The zero-order valence-corrected chi connectivity index (χ0v) is 14.8. The Bertz CT molecular complexity index is 947. The van der Waals surface area contributed by atoms with Gasteiger partial charge in [-0.3, -0.25) is 4.79 Å². The van der Waals surface area contributed by atoms with Crippen molar-refractivity contribution >= 4 is 12.0 Å². The van der Waals surface area contributed by atoms with Gasteiger partial charge in [-0.15, -0.1) is 0 Å². The van der Waals surface area contributed by atoms with E-state index in [1.165, 1.54) is 11.9 Å². The fourth-order valence-corrected chi connectivity index (χ4v) is 2.99. The summed E-state index contributed by atoms with van der Waals surface area (Å²) in [5, 5.41) is 7.00. The summed E-state index contributed by atoms with van der Waals surface area (Å²) in [5.74, 6) is 0.835. The smallest absolute Gasteiger partial charge is 0.244 e. The number of hydrogen-bond donors (Lipinski definition) is 1. The van der Waals surface area contributed by atoms with Crippen molar-refractivity contribution in [2.45, 2.75) is 19.5 Å². The first kappa shape index (κ1) is 17.0. The summed E-state index contributed by atoms with van der Waals surface area (Å²) in [6.45, 7) is 1.91. The van der Waals surface area contributed by atoms with Crippen molar-refractivity contribution in [3.05, 3.63) is 83.4 Å². The Morgan fingerprint density at radius 2 is 2.04 bits per heavy atom. The van der Waals surface area contributed by atoms with Crippen LogP contribution in [-0.4, -0.2) is 27.3 Å². The van der Waals surface area contributed by atoms with Crippen LogP contribution in [-0.2, 0) is 24.3 Å². The van der Waals surface area contributed by atoms with E-state index < -0.39 is 0 Å². The molecule has 0 saturated heterocycles. The summed E-state index contributed by atoms with van der Waals surface area (Å²) in [6, 6.07) is 14.1. The van der Waals surface area contributed by atoms with Gasteiger partial charge in [0.25, 0.3) is 0 Å². The van der Waals surface area contributed by atoms with Crippen LogP contribution in [0.1, 0.15) is 22.3 Å². The summed E-state index contributed by atoms with van der Waals surface area (Å²) in [5.41, 5.74) is 4.39. The van der Waals surface area contributed by atoms with E-state index in [1.807, 2.05) is 42.5 Å². The van der Waals surface area contributed by atoms with E-state index >= 15 is 0 Å². The number of nitrogens with one attached hydrogen (secondary N) is 1. The molecule has 3 aromatic rings. The molecule has 0 bridgehead atoms. The molecule has 1 aromatic heterocycles. The van der Waals surface area contributed by atoms with Crippen LogP contribution >= 0.6 is 0 Å². The zero-order chi connectivity index (χ0) is 18.5. The fraction of sp³-hybridized carbons (Fsp3) is 0.190. The molecule has 2 heterocycles. The molecule has 1 amide bonds. The van der Waals surface area contributed by atoms with Crippen LogP contribution in [0, 0.1) is 0 Å².